The number of halogens is 1. The maximum absolute atomic E-state index is 9.62. The van der Waals surface area contributed by atoms with E-state index in [1.54, 1.807) is 12.1 Å². The first-order chi connectivity index (χ1) is 18.6. The molecule has 3 atom stereocenters. The van der Waals surface area contributed by atoms with Crippen molar-refractivity contribution in [1.29, 1.82) is 0 Å². The molecule has 5 heteroatoms. The van der Waals surface area contributed by atoms with Gasteiger partial charge in [-0.25, -0.2) is 0 Å². The zero-order valence-corrected chi connectivity index (χ0v) is 22.1. The number of phenolic OH excluding ortho intramolecular Hbond substituents is 1. The summed E-state index contributed by atoms with van der Waals surface area (Å²) in [5, 5.41) is 10.3. The van der Waals surface area contributed by atoms with Gasteiger partial charge in [-0.3, -0.25) is 0 Å². The zero-order chi connectivity index (χ0) is 26.2. The van der Waals surface area contributed by atoms with Crippen LogP contribution in [0.25, 0.3) is 0 Å². The van der Waals surface area contributed by atoms with Crippen LogP contribution in [-0.4, -0.2) is 23.9 Å². The van der Waals surface area contributed by atoms with Crippen molar-refractivity contribution in [2.75, 3.05) is 6.61 Å². The molecule has 1 aliphatic heterocycles. The maximum Gasteiger partial charge on any atom is 0.115 e. The van der Waals surface area contributed by atoms with Crippen LogP contribution in [0.3, 0.4) is 0 Å². The van der Waals surface area contributed by atoms with Gasteiger partial charge < -0.3 is 19.3 Å². The summed E-state index contributed by atoms with van der Waals surface area (Å²) in [6.07, 6.45) is 2.08. The Kier molecular flexibility index (Phi) is 9.11. The third-order valence-electron chi connectivity index (χ3n) is 6.88. The summed E-state index contributed by atoms with van der Waals surface area (Å²) in [6, 6.07) is 33.8. The number of aromatic hydroxyl groups is 1. The van der Waals surface area contributed by atoms with Gasteiger partial charge in [-0.2, -0.15) is 0 Å². The van der Waals surface area contributed by atoms with Gasteiger partial charge in [-0.15, -0.1) is 0 Å². The molecule has 196 valence electrons. The molecule has 0 aliphatic carbocycles. The Morgan fingerprint density at radius 3 is 2.16 bits per heavy atom. The molecule has 0 amide bonds. The second-order valence-electron chi connectivity index (χ2n) is 9.83. The molecule has 0 saturated carbocycles. The molecule has 0 radical (unpaired) electrons. The lowest BCUT2D eigenvalue weighted by molar-refractivity contribution is -0.142. The summed E-state index contributed by atoms with van der Waals surface area (Å²) < 4.78 is 19.0. The molecule has 3 unspecified atom stereocenters. The minimum atomic E-state index is -0.120. The van der Waals surface area contributed by atoms with Crippen molar-refractivity contribution >= 4 is 11.6 Å². The summed E-state index contributed by atoms with van der Waals surface area (Å²) in [5.41, 5.74) is 5.51. The highest BCUT2D eigenvalue weighted by Gasteiger charge is 2.31. The van der Waals surface area contributed by atoms with Crippen LogP contribution in [0.15, 0.2) is 103 Å². The van der Waals surface area contributed by atoms with Gasteiger partial charge in [0.1, 0.15) is 5.75 Å². The van der Waals surface area contributed by atoms with Crippen LogP contribution >= 0.6 is 11.6 Å². The summed E-state index contributed by atoms with van der Waals surface area (Å²) >= 11 is 6.58. The molecule has 5 rings (SSSR count). The number of ether oxygens (including phenoxy) is 3. The Morgan fingerprint density at radius 2 is 1.45 bits per heavy atom. The zero-order valence-electron chi connectivity index (χ0n) is 21.3. The highest BCUT2D eigenvalue weighted by Crippen LogP contribution is 2.35. The highest BCUT2D eigenvalue weighted by molar-refractivity contribution is 6.31. The molecular formula is C33H33ClO4. The van der Waals surface area contributed by atoms with Crippen LogP contribution in [0.5, 0.6) is 5.75 Å². The van der Waals surface area contributed by atoms with E-state index >= 15 is 0 Å². The molecule has 4 aromatic rings. The molecule has 0 spiro atoms. The van der Waals surface area contributed by atoms with E-state index in [0.717, 1.165) is 45.7 Å². The SMILES string of the molecule is Oc1ccc(Cc2cc(C3CC(OCc4ccccc4)CC(COCc4ccccc4)O3)ccc2Cl)cc1. The highest BCUT2D eigenvalue weighted by atomic mass is 35.5. The van der Waals surface area contributed by atoms with Gasteiger partial charge >= 0.3 is 0 Å². The summed E-state index contributed by atoms with van der Waals surface area (Å²) in [5.74, 6) is 0.256. The van der Waals surface area contributed by atoms with Crippen molar-refractivity contribution in [3.63, 3.8) is 0 Å². The van der Waals surface area contributed by atoms with Gasteiger partial charge in [0.25, 0.3) is 0 Å². The Morgan fingerprint density at radius 1 is 0.763 bits per heavy atom. The van der Waals surface area contributed by atoms with Crippen LogP contribution in [0, 0.1) is 0 Å². The molecule has 4 aromatic carbocycles. The lowest BCUT2D eigenvalue weighted by atomic mass is 9.93. The molecule has 0 bridgehead atoms. The molecule has 1 N–H and O–H groups in total. The minimum Gasteiger partial charge on any atom is -0.508 e. The minimum absolute atomic E-state index is 0.0514. The molecule has 38 heavy (non-hydrogen) atoms. The van der Waals surface area contributed by atoms with Crippen molar-refractivity contribution in [3.05, 3.63) is 136 Å². The van der Waals surface area contributed by atoms with E-state index < -0.39 is 0 Å². The molecule has 4 nitrogen and oxygen atoms in total. The van der Waals surface area contributed by atoms with Gasteiger partial charge in [-0.05, 0) is 52.4 Å². The predicted octanol–water partition coefficient (Wildman–Crippen LogP) is 7.66. The fraction of sp³-hybridized carbons (Fsp3) is 0.273. The fourth-order valence-corrected chi connectivity index (χ4v) is 5.05. The molecule has 1 fully saturated rings. The van der Waals surface area contributed by atoms with E-state index in [0.29, 0.717) is 26.2 Å². The lowest BCUT2D eigenvalue weighted by Crippen LogP contribution is -2.35. The third-order valence-corrected chi connectivity index (χ3v) is 7.24. The summed E-state index contributed by atoms with van der Waals surface area (Å²) in [7, 11) is 0. The average Bonchev–Trinajstić information content (AvgIpc) is 2.95. The molecule has 1 heterocycles. The van der Waals surface area contributed by atoms with E-state index in [2.05, 4.69) is 36.4 Å². The Bertz CT molecular complexity index is 1280. The van der Waals surface area contributed by atoms with Gasteiger partial charge in [-0.1, -0.05) is 96.5 Å². The van der Waals surface area contributed by atoms with Crippen LogP contribution in [0.2, 0.25) is 5.02 Å². The molecule has 1 aliphatic rings. The third kappa shape index (κ3) is 7.46. The normalized spacial score (nSPS) is 19.3. The molecular weight excluding hydrogens is 496 g/mol. The van der Waals surface area contributed by atoms with Crippen molar-refractivity contribution in [2.45, 2.75) is 50.8 Å². The quantitative estimate of drug-likeness (QED) is 0.229. The van der Waals surface area contributed by atoms with Crippen LogP contribution in [0.4, 0.5) is 0 Å². The maximum atomic E-state index is 9.62. The first kappa shape index (κ1) is 26.5. The van der Waals surface area contributed by atoms with Crippen molar-refractivity contribution in [2.24, 2.45) is 0 Å². The van der Waals surface area contributed by atoms with Crippen LogP contribution in [0.1, 0.15) is 46.8 Å². The Balaban J connectivity index is 1.29. The summed E-state index contributed by atoms with van der Waals surface area (Å²) in [6.45, 7) is 1.63. The topological polar surface area (TPSA) is 47.9 Å². The average molecular weight is 529 g/mol. The van der Waals surface area contributed by atoms with Crippen LogP contribution < -0.4 is 0 Å². The van der Waals surface area contributed by atoms with Crippen molar-refractivity contribution in [3.8, 4) is 5.75 Å². The van der Waals surface area contributed by atoms with Gasteiger partial charge in [0.2, 0.25) is 0 Å². The molecule has 0 aromatic heterocycles. The lowest BCUT2D eigenvalue weighted by Gasteiger charge is -2.36. The summed E-state index contributed by atoms with van der Waals surface area (Å²) in [4.78, 5) is 0. The first-order valence-corrected chi connectivity index (χ1v) is 13.5. The second-order valence-corrected chi connectivity index (χ2v) is 10.2. The number of benzene rings is 4. The standard InChI is InChI=1S/C33H33ClO4/c34-32-16-13-27(18-28(32)17-24-11-14-29(35)15-12-24)33-20-30(37-22-26-9-5-2-6-10-26)19-31(38-33)23-36-21-25-7-3-1-4-8-25/h1-16,18,30-31,33,35H,17,19-23H2. The number of hydrogen-bond donors (Lipinski definition) is 1. The Labute approximate surface area is 229 Å². The van der Waals surface area contributed by atoms with E-state index in [-0.39, 0.29) is 24.1 Å². The smallest absolute Gasteiger partial charge is 0.115 e. The predicted molar refractivity (Wildman–Crippen MR) is 150 cm³/mol. The van der Waals surface area contributed by atoms with E-state index in [1.807, 2.05) is 54.6 Å². The number of rotatable bonds is 10. The monoisotopic (exact) mass is 528 g/mol. The fourth-order valence-electron chi connectivity index (χ4n) is 4.86. The molecule has 1 saturated heterocycles. The van der Waals surface area contributed by atoms with Crippen molar-refractivity contribution < 1.29 is 19.3 Å². The number of hydrogen-bond acceptors (Lipinski definition) is 4. The van der Waals surface area contributed by atoms with E-state index in [1.165, 1.54) is 0 Å². The van der Waals surface area contributed by atoms with Crippen LogP contribution in [-0.2, 0) is 33.8 Å². The van der Waals surface area contributed by atoms with Gasteiger partial charge in [0.05, 0.1) is 38.1 Å². The van der Waals surface area contributed by atoms with Gasteiger partial charge in [0, 0.05) is 17.9 Å². The van der Waals surface area contributed by atoms with E-state index in [9.17, 15) is 5.11 Å². The van der Waals surface area contributed by atoms with E-state index in [4.69, 9.17) is 25.8 Å². The largest absolute Gasteiger partial charge is 0.508 e. The van der Waals surface area contributed by atoms with Gasteiger partial charge in [0.15, 0.2) is 0 Å². The second kappa shape index (κ2) is 13.1. The Hall–Kier alpha value is -3.15. The number of phenols is 1. The van der Waals surface area contributed by atoms with Crippen molar-refractivity contribution in [1.82, 2.24) is 0 Å². The first-order valence-electron chi connectivity index (χ1n) is 13.1.